The number of likely N-dealkylation sites (tertiary alicyclic amines) is 1. The van der Waals surface area contributed by atoms with Crippen LogP contribution in [0.1, 0.15) is 30.4 Å². The van der Waals surface area contributed by atoms with Crippen LogP contribution in [0.4, 0.5) is 14.5 Å². The first kappa shape index (κ1) is 28.8. The second-order valence-electron chi connectivity index (χ2n) is 12.9. The van der Waals surface area contributed by atoms with Crippen molar-refractivity contribution in [1.29, 1.82) is 0 Å². The first-order valence-corrected chi connectivity index (χ1v) is 16.2. The normalized spacial score (nSPS) is 18.3. The number of benzene rings is 4. The minimum absolute atomic E-state index is 0.147. The maximum absolute atomic E-state index is 14.3. The molecule has 234 valence electrons. The molecular weight excluding hydrogens is 582 g/mol. The molecule has 0 atom stereocenters. The molecule has 5 aromatic rings. The highest BCUT2D eigenvalue weighted by Crippen LogP contribution is 2.41. The number of rotatable bonds is 7. The molecule has 1 aromatic heterocycles. The van der Waals surface area contributed by atoms with Crippen LogP contribution in [0.5, 0.6) is 0 Å². The maximum atomic E-state index is 14.3. The largest absolute Gasteiger partial charge is 0.339 e. The standard InChI is InChI=1S/C37H36F2N6O/c38-30-11-13-32(14-12-30)45-25-43(17-4-18-44-24-34(40-41-44)27-7-3-10-31(39)21-27)36(46)37(45)15-19-42(20-16-37)33-22-28-8-1-5-26-6-2-9-29(23-33)35(26)28/h1-3,5-14,21,24,33H,4,15-20,22-23,25H2. The lowest BCUT2D eigenvalue weighted by Gasteiger charge is -2.46. The zero-order valence-electron chi connectivity index (χ0n) is 25.7. The van der Waals surface area contributed by atoms with Gasteiger partial charge in [0, 0.05) is 43.5 Å². The average molecular weight is 619 g/mol. The van der Waals surface area contributed by atoms with Gasteiger partial charge in [0.2, 0.25) is 5.91 Å². The fraction of sp³-hybridized carbons (Fsp3) is 0.324. The summed E-state index contributed by atoms with van der Waals surface area (Å²) in [6.45, 7) is 3.29. The molecule has 0 unspecified atom stereocenters. The SMILES string of the molecule is O=C1N(CCCn2cc(-c3cccc(F)c3)nn2)CN(c2ccc(F)cc2)C12CCN(C1Cc3cccc4cccc(c34)C1)CC2. The van der Waals surface area contributed by atoms with Crippen LogP contribution in [0, 0.1) is 11.6 Å². The van der Waals surface area contributed by atoms with Crippen molar-refractivity contribution in [3.8, 4) is 11.3 Å². The predicted octanol–water partition coefficient (Wildman–Crippen LogP) is 6.07. The Hall–Kier alpha value is -4.63. The molecule has 4 aromatic carbocycles. The van der Waals surface area contributed by atoms with E-state index >= 15 is 0 Å². The van der Waals surface area contributed by atoms with E-state index in [1.165, 1.54) is 46.2 Å². The number of aromatic nitrogens is 3. The first-order chi connectivity index (χ1) is 22.5. The fourth-order valence-electron chi connectivity index (χ4n) is 7.94. The van der Waals surface area contributed by atoms with Crippen molar-refractivity contribution in [3.05, 3.63) is 114 Å². The van der Waals surface area contributed by atoms with Gasteiger partial charge in [0.15, 0.2) is 0 Å². The predicted molar refractivity (Wildman–Crippen MR) is 174 cm³/mol. The van der Waals surface area contributed by atoms with Crippen LogP contribution >= 0.6 is 0 Å². The molecule has 0 bridgehead atoms. The van der Waals surface area contributed by atoms with Crippen molar-refractivity contribution < 1.29 is 13.6 Å². The van der Waals surface area contributed by atoms with Crippen molar-refractivity contribution in [2.75, 3.05) is 31.2 Å². The van der Waals surface area contributed by atoms with Gasteiger partial charge in [-0.1, -0.05) is 53.7 Å². The van der Waals surface area contributed by atoms with Crippen molar-refractivity contribution in [3.63, 3.8) is 0 Å². The van der Waals surface area contributed by atoms with E-state index in [1.54, 1.807) is 22.9 Å². The lowest BCUT2D eigenvalue weighted by molar-refractivity contribution is -0.133. The number of hydrogen-bond donors (Lipinski definition) is 0. The number of aryl methyl sites for hydroxylation is 1. The summed E-state index contributed by atoms with van der Waals surface area (Å²) in [5.74, 6) is -0.450. The van der Waals surface area contributed by atoms with Crippen molar-refractivity contribution in [1.82, 2.24) is 24.8 Å². The molecule has 2 aliphatic heterocycles. The van der Waals surface area contributed by atoms with Crippen molar-refractivity contribution >= 4 is 22.4 Å². The highest BCUT2D eigenvalue weighted by Gasteiger charge is 2.54. The van der Waals surface area contributed by atoms with E-state index in [0.717, 1.165) is 44.5 Å². The van der Waals surface area contributed by atoms with E-state index < -0.39 is 5.54 Å². The van der Waals surface area contributed by atoms with Crippen LogP contribution in [0.15, 0.2) is 91.1 Å². The molecule has 1 amide bonds. The Balaban J connectivity index is 0.968. The van der Waals surface area contributed by atoms with Crippen LogP contribution in [-0.4, -0.2) is 68.6 Å². The molecule has 2 saturated heterocycles. The number of hydrogen-bond acceptors (Lipinski definition) is 5. The summed E-state index contributed by atoms with van der Waals surface area (Å²) < 4.78 is 29.4. The zero-order chi connectivity index (χ0) is 31.3. The molecule has 7 nitrogen and oxygen atoms in total. The topological polar surface area (TPSA) is 57.5 Å². The van der Waals surface area contributed by atoms with Crippen LogP contribution in [0.3, 0.4) is 0 Å². The molecule has 8 rings (SSSR count). The summed E-state index contributed by atoms with van der Waals surface area (Å²) in [4.78, 5) is 21.0. The first-order valence-electron chi connectivity index (χ1n) is 16.2. The molecule has 2 fully saturated rings. The molecule has 1 aliphatic carbocycles. The molecule has 9 heteroatoms. The highest BCUT2D eigenvalue weighted by atomic mass is 19.1. The minimum Gasteiger partial charge on any atom is -0.339 e. The Morgan fingerprint density at radius 1 is 0.826 bits per heavy atom. The van der Waals surface area contributed by atoms with Crippen LogP contribution in [-0.2, 0) is 24.2 Å². The Labute approximate surface area is 267 Å². The number of anilines is 1. The maximum Gasteiger partial charge on any atom is 0.250 e. The van der Waals surface area contributed by atoms with E-state index in [2.05, 4.69) is 56.5 Å². The third-order valence-electron chi connectivity index (χ3n) is 10.3. The summed E-state index contributed by atoms with van der Waals surface area (Å²) in [7, 11) is 0. The number of piperidine rings is 1. The monoisotopic (exact) mass is 618 g/mol. The van der Waals surface area contributed by atoms with Gasteiger partial charge in [-0.3, -0.25) is 14.4 Å². The Morgan fingerprint density at radius 2 is 1.54 bits per heavy atom. The van der Waals surface area contributed by atoms with E-state index in [1.807, 2.05) is 17.2 Å². The third kappa shape index (κ3) is 5.12. The van der Waals surface area contributed by atoms with Gasteiger partial charge in [0.1, 0.15) is 22.9 Å². The van der Waals surface area contributed by atoms with Crippen molar-refractivity contribution in [2.45, 2.75) is 50.2 Å². The van der Waals surface area contributed by atoms with Crippen molar-refractivity contribution in [2.24, 2.45) is 0 Å². The van der Waals surface area contributed by atoms with Gasteiger partial charge in [-0.25, -0.2) is 8.78 Å². The molecule has 0 saturated carbocycles. The molecule has 3 aliphatic rings. The lowest BCUT2D eigenvalue weighted by atomic mass is 9.81. The number of carbonyl (C=O) groups is 1. The van der Waals surface area contributed by atoms with Gasteiger partial charge in [0.25, 0.3) is 0 Å². The van der Waals surface area contributed by atoms with Crippen LogP contribution in [0.2, 0.25) is 0 Å². The molecule has 3 heterocycles. The average Bonchev–Trinajstić information content (AvgIpc) is 3.65. The molecular formula is C37H36F2N6O. The molecule has 0 radical (unpaired) electrons. The molecule has 0 N–H and O–H groups in total. The summed E-state index contributed by atoms with van der Waals surface area (Å²) in [5.41, 5.74) is 4.34. The van der Waals surface area contributed by atoms with Crippen LogP contribution in [0.25, 0.3) is 22.0 Å². The van der Waals surface area contributed by atoms with Gasteiger partial charge in [0.05, 0.1) is 12.9 Å². The van der Waals surface area contributed by atoms with Gasteiger partial charge >= 0.3 is 0 Å². The van der Waals surface area contributed by atoms with Gasteiger partial charge in [-0.05, 0) is 90.4 Å². The van der Waals surface area contributed by atoms with E-state index in [-0.39, 0.29) is 17.5 Å². The summed E-state index contributed by atoms with van der Waals surface area (Å²) >= 11 is 0. The summed E-state index contributed by atoms with van der Waals surface area (Å²) in [5, 5.41) is 11.2. The molecule has 46 heavy (non-hydrogen) atoms. The van der Waals surface area contributed by atoms with E-state index in [0.29, 0.717) is 43.5 Å². The van der Waals surface area contributed by atoms with Gasteiger partial charge < -0.3 is 9.80 Å². The minimum atomic E-state index is -0.654. The lowest BCUT2D eigenvalue weighted by Crippen LogP contribution is -2.58. The number of amides is 1. The Bertz CT molecular complexity index is 1860. The highest BCUT2D eigenvalue weighted by molar-refractivity contribution is 5.93. The van der Waals surface area contributed by atoms with E-state index in [4.69, 9.17) is 0 Å². The second-order valence-corrected chi connectivity index (χ2v) is 12.9. The molecule has 1 spiro atoms. The smallest absolute Gasteiger partial charge is 0.250 e. The third-order valence-corrected chi connectivity index (χ3v) is 10.3. The Kier molecular flexibility index (Phi) is 7.28. The number of carbonyl (C=O) groups excluding carboxylic acids is 1. The Morgan fingerprint density at radius 3 is 2.26 bits per heavy atom. The number of nitrogens with zero attached hydrogens (tertiary/aromatic N) is 6. The number of halogens is 2. The van der Waals surface area contributed by atoms with E-state index in [9.17, 15) is 13.6 Å². The van der Waals surface area contributed by atoms with Gasteiger partial charge in [-0.15, -0.1) is 5.10 Å². The summed E-state index contributed by atoms with van der Waals surface area (Å²) in [6.07, 6.45) is 6.00. The van der Waals surface area contributed by atoms with Crippen LogP contribution < -0.4 is 4.90 Å². The zero-order valence-corrected chi connectivity index (χ0v) is 25.7. The second kappa shape index (κ2) is 11.6. The summed E-state index contributed by atoms with van der Waals surface area (Å²) in [6, 6.07) is 26.5. The van der Waals surface area contributed by atoms with Gasteiger partial charge in [-0.2, -0.15) is 0 Å². The fourth-order valence-corrected chi connectivity index (χ4v) is 7.94. The quantitative estimate of drug-likeness (QED) is 0.222.